The van der Waals surface area contributed by atoms with Crippen LogP contribution in [0, 0.1) is 0 Å². The summed E-state index contributed by atoms with van der Waals surface area (Å²) in [5, 5.41) is 10.3. The minimum Gasteiger partial charge on any atom is -0.391 e. The van der Waals surface area contributed by atoms with Gasteiger partial charge in [0.15, 0.2) is 5.13 Å². The van der Waals surface area contributed by atoms with Crippen molar-refractivity contribution in [2.24, 2.45) is 0 Å². The number of nitrogens with zero attached hydrogens (tertiary/aromatic N) is 2. The van der Waals surface area contributed by atoms with Crippen molar-refractivity contribution >= 4 is 28.2 Å². The monoisotopic (exact) mass is 260 g/mol. The Balaban J connectivity index is 2.81. The minimum absolute atomic E-state index is 0.0988. The first-order chi connectivity index (χ1) is 7.60. The topological polar surface area (TPSA) is 36.4 Å². The van der Waals surface area contributed by atoms with E-state index in [-0.39, 0.29) is 6.61 Å². The van der Waals surface area contributed by atoms with E-state index in [1.807, 2.05) is 11.8 Å². The third-order valence-electron chi connectivity index (χ3n) is 2.36. The molecular weight excluding hydrogens is 240 g/mol. The number of anilines is 1. The van der Waals surface area contributed by atoms with E-state index in [2.05, 4.69) is 37.0 Å². The number of rotatable bonds is 6. The van der Waals surface area contributed by atoms with Crippen LogP contribution in [0.5, 0.6) is 0 Å². The van der Waals surface area contributed by atoms with Gasteiger partial charge in [0, 0.05) is 19.3 Å². The summed E-state index contributed by atoms with van der Waals surface area (Å²) in [4.78, 5) is 7.77. The molecule has 0 amide bonds. The Bertz CT molecular complexity index is 326. The van der Waals surface area contributed by atoms with Crippen molar-refractivity contribution in [3.05, 3.63) is 10.6 Å². The number of hydrogen-bond donors (Lipinski definition) is 1. The fourth-order valence-corrected chi connectivity index (χ4v) is 2.92. The molecule has 0 aromatic carbocycles. The van der Waals surface area contributed by atoms with Crippen LogP contribution in [-0.2, 0) is 6.61 Å². The van der Waals surface area contributed by atoms with Crippen molar-refractivity contribution in [1.82, 2.24) is 4.98 Å². The molecule has 0 spiro atoms. The summed E-state index contributed by atoms with van der Waals surface area (Å²) in [5.74, 6) is 1.47. The molecule has 1 heterocycles. The molecule has 0 saturated carbocycles. The van der Waals surface area contributed by atoms with Crippen LogP contribution in [-0.4, -0.2) is 35.7 Å². The van der Waals surface area contributed by atoms with Crippen LogP contribution in [0.2, 0.25) is 0 Å². The van der Waals surface area contributed by atoms with E-state index in [9.17, 15) is 5.11 Å². The van der Waals surface area contributed by atoms with Gasteiger partial charge in [-0.1, -0.05) is 25.2 Å². The van der Waals surface area contributed by atoms with Gasteiger partial charge >= 0.3 is 0 Å². The first-order valence-corrected chi connectivity index (χ1v) is 7.61. The van der Waals surface area contributed by atoms with Gasteiger partial charge in [0.05, 0.1) is 17.2 Å². The van der Waals surface area contributed by atoms with Crippen LogP contribution in [0.25, 0.3) is 0 Å². The van der Waals surface area contributed by atoms with E-state index in [4.69, 9.17) is 0 Å². The average Bonchev–Trinajstić information content (AvgIpc) is 2.69. The first-order valence-electron chi connectivity index (χ1n) is 5.40. The maximum absolute atomic E-state index is 9.29. The van der Waals surface area contributed by atoms with E-state index in [0.29, 0.717) is 5.92 Å². The highest BCUT2D eigenvalue weighted by Crippen LogP contribution is 2.30. The summed E-state index contributed by atoms with van der Waals surface area (Å²) >= 11 is 3.44. The van der Waals surface area contributed by atoms with Crippen molar-refractivity contribution in [3.63, 3.8) is 0 Å². The highest BCUT2D eigenvalue weighted by molar-refractivity contribution is 7.98. The van der Waals surface area contributed by atoms with Gasteiger partial charge in [0.25, 0.3) is 0 Å². The molecule has 0 unspecified atom stereocenters. The van der Waals surface area contributed by atoms with Crippen LogP contribution < -0.4 is 4.90 Å². The standard InChI is InChI=1S/C11H20N2OS2/c1-8(2)10-9(7-14)16-11(12-10)13(3)5-6-15-4/h8,14H,5-7H2,1-4H3. The molecule has 0 aliphatic carbocycles. The zero-order valence-electron chi connectivity index (χ0n) is 10.4. The van der Waals surface area contributed by atoms with Crippen molar-refractivity contribution in [1.29, 1.82) is 0 Å². The second-order valence-electron chi connectivity index (χ2n) is 4.03. The molecule has 92 valence electrons. The summed E-state index contributed by atoms with van der Waals surface area (Å²) in [7, 11) is 2.06. The molecule has 1 N–H and O–H groups in total. The van der Waals surface area contributed by atoms with Crippen molar-refractivity contribution < 1.29 is 5.11 Å². The highest BCUT2D eigenvalue weighted by Gasteiger charge is 2.15. The lowest BCUT2D eigenvalue weighted by atomic mass is 10.1. The lowest BCUT2D eigenvalue weighted by Gasteiger charge is -2.14. The highest BCUT2D eigenvalue weighted by atomic mass is 32.2. The van der Waals surface area contributed by atoms with Crippen molar-refractivity contribution in [2.45, 2.75) is 26.4 Å². The van der Waals surface area contributed by atoms with Gasteiger partial charge in [-0.15, -0.1) is 0 Å². The van der Waals surface area contributed by atoms with E-state index in [0.717, 1.165) is 28.0 Å². The Morgan fingerprint density at radius 3 is 2.62 bits per heavy atom. The fraction of sp³-hybridized carbons (Fsp3) is 0.727. The third-order valence-corrected chi connectivity index (χ3v) is 4.13. The van der Waals surface area contributed by atoms with Gasteiger partial charge in [-0.05, 0) is 12.2 Å². The predicted octanol–water partition coefficient (Wildman–Crippen LogP) is 2.56. The number of hydrogen-bond acceptors (Lipinski definition) is 5. The normalized spacial score (nSPS) is 11.1. The molecule has 3 nitrogen and oxygen atoms in total. The molecule has 1 aromatic heterocycles. The SMILES string of the molecule is CSCCN(C)c1nc(C(C)C)c(CO)s1. The van der Waals surface area contributed by atoms with Crippen LogP contribution in [0.4, 0.5) is 5.13 Å². The Hall–Kier alpha value is -0.260. The van der Waals surface area contributed by atoms with Gasteiger partial charge < -0.3 is 10.0 Å². The van der Waals surface area contributed by atoms with Gasteiger partial charge in [-0.25, -0.2) is 4.98 Å². The predicted molar refractivity (Wildman–Crippen MR) is 73.8 cm³/mol. The number of aliphatic hydroxyl groups excluding tert-OH is 1. The summed E-state index contributed by atoms with van der Waals surface area (Å²) in [6, 6.07) is 0. The Kier molecular flexibility index (Phi) is 5.58. The zero-order chi connectivity index (χ0) is 12.1. The van der Waals surface area contributed by atoms with Crippen LogP contribution >= 0.6 is 23.1 Å². The van der Waals surface area contributed by atoms with Crippen molar-refractivity contribution in [3.8, 4) is 0 Å². The molecule has 0 atom stereocenters. The van der Waals surface area contributed by atoms with Gasteiger partial charge in [0.1, 0.15) is 0 Å². The van der Waals surface area contributed by atoms with Crippen molar-refractivity contribution in [2.75, 3.05) is 30.5 Å². The number of aliphatic hydroxyl groups is 1. The molecule has 0 radical (unpaired) electrons. The summed E-state index contributed by atoms with van der Waals surface area (Å²) in [5.41, 5.74) is 1.04. The molecule has 0 fully saturated rings. The number of aromatic nitrogens is 1. The Morgan fingerprint density at radius 2 is 2.19 bits per heavy atom. The zero-order valence-corrected chi connectivity index (χ0v) is 12.0. The van der Waals surface area contributed by atoms with Gasteiger partial charge in [-0.2, -0.15) is 11.8 Å². The summed E-state index contributed by atoms with van der Waals surface area (Å²) in [6.07, 6.45) is 2.11. The maximum atomic E-state index is 9.29. The fourth-order valence-electron chi connectivity index (χ4n) is 1.40. The summed E-state index contributed by atoms with van der Waals surface area (Å²) in [6.45, 7) is 5.32. The smallest absolute Gasteiger partial charge is 0.185 e. The number of thiazole rings is 1. The van der Waals surface area contributed by atoms with Gasteiger partial charge in [0.2, 0.25) is 0 Å². The number of thioether (sulfide) groups is 1. The average molecular weight is 260 g/mol. The first kappa shape index (κ1) is 13.8. The summed E-state index contributed by atoms with van der Waals surface area (Å²) < 4.78 is 0. The molecule has 0 aliphatic heterocycles. The molecule has 16 heavy (non-hydrogen) atoms. The molecule has 0 aliphatic rings. The largest absolute Gasteiger partial charge is 0.391 e. The van der Waals surface area contributed by atoms with E-state index in [1.54, 1.807) is 11.3 Å². The quantitative estimate of drug-likeness (QED) is 0.853. The van der Waals surface area contributed by atoms with E-state index in [1.165, 1.54) is 0 Å². The van der Waals surface area contributed by atoms with Crippen LogP contribution in [0.1, 0.15) is 30.3 Å². The van der Waals surface area contributed by atoms with Crippen LogP contribution in [0.3, 0.4) is 0 Å². The molecule has 0 bridgehead atoms. The molecule has 1 aromatic rings. The minimum atomic E-state index is 0.0988. The second kappa shape index (κ2) is 6.47. The van der Waals surface area contributed by atoms with E-state index >= 15 is 0 Å². The lowest BCUT2D eigenvalue weighted by Crippen LogP contribution is -2.19. The van der Waals surface area contributed by atoms with E-state index < -0.39 is 0 Å². The Morgan fingerprint density at radius 1 is 1.50 bits per heavy atom. The molecule has 0 saturated heterocycles. The second-order valence-corrected chi connectivity index (χ2v) is 6.08. The van der Waals surface area contributed by atoms with Crippen LogP contribution in [0.15, 0.2) is 0 Å². The molecular formula is C11H20N2OS2. The van der Waals surface area contributed by atoms with Gasteiger partial charge in [-0.3, -0.25) is 0 Å². The lowest BCUT2D eigenvalue weighted by molar-refractivity contribution is 0.283. The molecule has 5 heteroatoms. The maximum Gasteiger partial charge on any atom is 0.185 e. The Labute approximate surface area is 106 Å². The third kappa shape index (κ3) is 3.37. The molecule has 1 rings (SSSR count).